The van der Waals surface area contributed by atoms with Crippen LogP contribution in [0.25, 0.3) is 0 Å². The lowest BCUT2D eigenvalue weighted by Crippen LogP contribution is -2.35. The number of amides is 2. The molecule has 0 spiro atoms. The van der Waals surface area contributed by atoms with Gasteiger partial charge in [-0.3, -0.25) is 10.1 Å². The number of nitro groups is 1. The van der Waals surface area contributed by atoms with Crippen LogP contribution >= 0.6 is 0 Å². The fraction of sp³-hybridized carbons (Fsp3) is 0.312. The van der Waals surface area contributed by atoms with Crippen molar-refractivity contribution in [1.29, 1.82) is 0 Å². The van der Waals surface area contributed by atoms with E-state index in [0.717, 1.165) is 0 Å². The van der Waals surface area contributed by atoms with Gasteiger partial charge in [-0.05, 0) is 37.1 Å². The minimum absolute atomic E-state index is 0.0868. The van der Waals surface area contributed by atoms with E-state index in [-0.39, 0.29) is 10.9 Å². The summed E-state index contributed by atoms with van der Waals surface area (Å²) in [5.74, 6) is -1.17. The summed E-state index contributed by atoms with van der Waals surface area (Å²) in [4.78, 5) is 23.3. The zero-order valence-electron chi connectivity index (χ0n) is 14.2. The van der Waals surface area contributed by atoms with E-state index in [0.29, 0.717) is 29.9 Å². The summed E-state index contributed by atoms with van der Waals surface area (Å²) in [6, 6.07) is 2.55. The minimum atomic E-state index is -4.05. The van der Waals surface area contributed by atoms with Gasteiger partial charge >= 0.3 is 11.9 Å². The van der Waals surface area contributed by atoms with Crippen molar-refractivity contribution in [3.63, 3.8) is 0 Å². The van der Waals surface area contributed by atoms with E-state index in [1.54, 1.807) is 12.2 Å². The number of nitrogens with one attached hydrogen (secondary N) is 1. The highest BCUT2D eigenvalue weighted by atomic mass is 32.2. The number of hydrogen-bond acceptors (Lipinski definition) is 5. The molecule has 2 amide bonds. The maximum Gasteiger partial charge on any atom is 0.322 e. The smallest absolute Gasteiger partial charge is 0.317 e. The SMILES string of the molecule is C=CCN(CC=C)C(=O)Nc1cc(C)c(S(=O)(=O)C[N+](=O)[O-])c(C)c1. The number of anilines is 1. The van der Waals surface area contributed by atoms with E-state index in [4.69, 9.17) is 0 Å². The number of hydrogen-bond donors (Lipinski definition) is 1. The van der Waals surface area contributed by atoms with Gasteiger partial charge in [0.15, 0.2) is 0 Å². The molecule has 1 aromatic carbocycles. The van der Waals surface area contributed by atoms with E-state index in [2.05, 4.69) is 18.5 Å². The molecule has 25 heavy (non-hydrogen) atoms. The first-order valence-electron chi connectivity index (χ1n) is 7.36. The van der Waals surface area contributed by atoms with Crippen LogP contribution in [-0.4, -0.2) is 43.2 Å². The predicted molar refractivity (Wildman–Crippen MR) is 95.9 cm³/mol. The van der Waals surface area contributed by atoms with Gasteiger partial charge in [-0.1, -0.05) is 12.2 Å². The topological polar surface area (TPSA) is 110 Å². The van der Waals surface area contributed by atoms with Crippen molar-refractivity contribution in [3.05, 3.63) is 58.7 Å². The van der Waals surface area contributed by atoms with Gasteiger partial charge in [0, 0.05) is 23.7 Å². The highest BCUT2D eigenvalue weighted by molar-refractivity contribution is 7.91. The van der Waals surface area contributed by atoms with Gasteiger partial charge in [0.05, 0.1) is 4.90 Å². The summed E-state index contributed by atoms with van der Waals surface area (Å²) in [5, 5.41) is 13.2. The molecule has 0 saturated carbocycles. The second kappa shape index (κ2) is 8.43. The van der Waals surface area contributed by atoms with Gasteiger partial charge in [-0.25, -0.2) is 13.2 Å². The first kappa shape index (κ1) is 20.4. The van der Waals surface area contributed by atoms with Gasteiger partial charge in [0.2, 0.25) is 9.84 Å². The molecule has 1 aromatic rings. The van der Waals surface area contributed by atoms with E-state index in [1.807, 2.05) is 0 Å². The maximum absolute atomic E-state index is 12.3. The molecule has 0 atom stereocenters. The summed E-state index contributed by atoms with van der Waals surface area (Å²) in [6.07, 6.45) is 3.15. The molecule has 8 nitrogen and oxygen atoms in total. The molecule has 0 aliphatic carbocycles. The Morgan fingerprint density at radius 3 is 2.12 bits per heavy atom. The molecule has 1 N–H and O–H groups in total. The molecule has 136 valence electrons. The summed E-state index contributed by atoms with van der Waals surface area (Å²) in [7, 11) is -4.05. The molecule has 0 fully saturated rings. The molecule has 0 radical (unpaired) electrons. The Kier molecular flexibility index (Phi) is 6.86. The molecule has 1 rings (SSSR count). The number of benzene rings is 1. The Bertz CT molecular complexity index is 769. The molecule has 0 unspecified atom stereocenters. The third kappa shape index (κ3) is 5.42. The van der Waals surface area contributed by atoms with E-state index in [1.165, 1.54) is 30.9 Å². The maximum atomic E-state index is 12.3. The summed E-state index contributed by atoms with van der Waals surface area (Å²) in [6.45, 7) is 10.9. The molecule has 0 aliphatic heterocycles. The average molecular weight is 367 g/mol. The first-order chi connectivity index (χ1) is 11.6. The first-order valence-corrected chi connectivity index (χ1v) is 9.01. The Balaban J connectivity index is 3.14. The fourth-order valence-electron chi connectivity index (χ4n) is 2.47. The minimum Gasteiger partial charge on any atom is -0.317 e. The van der Waals surface area contributed by atoms with Crippen molar-refractivity contribution in [2.75, 3.05) is 24.3 Å². The van der Waals surface area contributed by atoms with Crippen LogP contribution in [0.4, 0.5) is 10.5 Å². The average Bonchev–Trinajstić information content (AvgIpc) is 2.44. The van der Waals surface area contributed by atoms with Crippen LogP contribution in [0.3, 0.4) is 0 Å². The van der Waals surface area contributed by atoms with Crippen LogP contribution in [0.15, 0.2) is 42.3 Å². The van der Waals surface area contributed by atoms with Gasteiger partial charge in [0.25, 0.3) is 0 Å². The molecule has 0 saturated heterocycles. The van der Waals surface area contributed by atoms with Gasteiger partial charge in [-0.2, -0.15) is 0 Å². The molecule has 0 heterocycles. The predicted octanol–water partition coefficient (Wildman–Crippen LogP) is 2.52. The van der Waals surface area contributed by atoms with E-state index in [9.17, 15) is 23.3 Å². The second-order valence-electron chi connectivity index (χ2n) is 5.43. The highest BCUT2D eigenvalue weighted by Gasteiger charge is 2.26. The van der Waals surface area contributed by atoms with Crippen LogP contribution in [0, 0.1) is 24.0 Å². The van der Waals surface area contributed by atoms with Crippen molar-refractivity contribution >= 4 is 21.6 Å². The highest BCUT2D eigenvalue weighted by Crippen LogP contribution is 2.25. The molecular weight excluding hydrogens is 346 g/mol. The zero-order chi connectivity index (χ0) is 19.2. The van der Waals surface area contributed by atoms with Crippen LogP contribution in [-0.2, 0) is 9.84 Å². The summed E-state index contributed by atoms with van der Waals surface area (Å²) < 4.78 is 24.3. The number of nitrogens with zero attached hydrogens (tertiary/aromatic N) is 2. The van der Waals surface area contributed by atoms with Crippen molar-refractivity contribution in [1.82, 2.24) is 4.90 Å². The van der Waals surface area contributed by atoms with Crippen molar-refractivity contribution in [3.8, 4) is 0 Å². The second-order valence-corrected chi connectivity index (χ2v) is 7.32. The van der Waals surface area contributed by atoms with Gasteiger partial charge in [0.1, 0.15) is 0 Å². The largest absolute Gasteiger partial charge is 0.322 e. The van der Waals surface area contributed by atoms with E-state index < -0.39 is 20.6 Å². The normalized spacial score (nSPS) is 10.8. The molecule has 0 aromatic heterocycles. The third-order valence-electron chi connectivity index (χ3n) is 3.28. The lowest BCUT2D eigenvalue weighted by molar-refractivity contribution is -0.458. The Morgan fingerprint density at radius 1 is 1.24 bits per heavy atom. The monoisotopic (exact) mass is 367 g/mol. The van der Waals surface area contributed by atoms with Crippen LogP contribution in [0.5, 0.6) is 0 Å². The fourth-order valence-corrected chi connectivity index (χ4v) is 3.98. The van der Waals surface area contributed by atoms with Crippen LogP contribution in [0.2, 0.25) is 0 Å². The van der Waals surface area contributed by atoms with Crippen LogP contribution in [0.1, 0.15) is 11.1 Å². The number of carbonyl (C=O) groups is 1. The van der Waals surface area contributed by atoms with Crippen LogP contribution < -0.4 is 5.32 Å². The quantitative estimate of drug-likeness (QED) is 0.431. The van der Waals surface area contributed by atoms with Crippen molar-refractivity contribution in [2.45, 2.75) is 18.7 Å². The van der Waals surface area contributed by atoms with Crippen molar-refractivity contribution < 1.29 is 18.1 Å². The molecular formula is C16H21N3O5S. The number of rotatable bonds is 8. The lowest BCUT2D eigenvalue weighted by Gasteiger charge is -2.20. The van der Waals surface area contributed by atoms with Gasteiger partial charge in [-0.15, -0.1) is 13.2 Å². The van der Waals surface area contributed by atoms with E-state index >= 15 is 0 Å². The Morgan fingerprint density at radius 2 is 1.72 bits per heavy atom. The lowest BCUT2D eigenvalue weighted by atomic mass is 10.1. The zero-order valence-corrected chi connectivity index (χ0v) is 15.0. The number of carbonyl (C=O) groups excluding carboxylic acids is 1. The Hall–Kier alpha value is -2.68. The standard InChI is InChI=1S/C16H21N3O5S/c1-5-7-18(8-6-2)16(20)17-14-9-12(3)15(13(4)10-14)25(23,24)11-19(21)22/h5-6,9-10H,1-2,7-8,11H2,3-4H3,(H,17,20). The number of urea groups is 1. The summed E-state index contributed by atoms with van der Waals surface area (Å²) in [5.41, 5.74) is 1.06. The number of aryl methyl sites for hydroxylation is 2. The molecule has 0 aliphatic rings. The third-order valence-corrected chi connectivity index (χ3v) is 5.10. The Labute approximate surface area is 146 Å². The molecule has 9 heteroatoms. The summed E-state index contributed by atoms with van der Waals surface area (Å²) >= 11 is 0. The molecule has 0 bridgehead atoms. The van der Waals surface area contributed by atoms with Gasteiger partial charge < -0.3 is 10.2 Å². The van der Waals surface area contributed by atoms with Crippen molar-refractivity contribution in [2.24, 2.45) is 0 Å². The number of sulfone groups is 1.